The van der Waals surface area contributed by atoms with Crippen LogP contribution in [-0.2, 0) is 4.79 Å². The van der Waals surface area contributed by atoms with Gasteiger partial charge in [0, 0.05) is 12.5 Å². The number of nitrogen functional groups attached to an aromatic ring is 1. The van der Waals surface area contributed by atoms with Crippen molar-refractivity contribution in [2.75, 3.05) is 17.6 Å². The maximum absolute atomic E-state index is 11.4. The smallest absolute Gasteiger partial charge is 0.228 e. The zero-order chi connectivity index (χ0) is 10.6. The van der Waals surface area contributed by atoms with E-state index in [9.17, 15) is 4.79 Å². The van der Waals surface area contributed by atoms with Crippen LogP contribution in [-0.4, -0.2) is 17.4 Å². The Balaban J connectivity index is 2.60. The molecule has 0 aliphatic heterocycles. The first-order chi connectivity index (χ1) is 6.63. The summed E-state index contributed by atoms with van der Waals surface area (Å²) in [6.45, 7) is 2.09. The third-order valence-corrected chi connectivity index (χ3v) is 1.86. The Kier molecular flexibility index (Phi) is 3.41. The van der Waals surface area contributed by atoms with Crippen molar-refractivity contribution in [2.45, 2.75) is 6.92 Å². The minimum atomic E-state index is -0.201. The van der Waals surface area contributed by atoms with Crippen molar-refractivity contribution in [3.8, 4) is 0 Å². The van der Waals surface area contributed by atoms with Gasteiger partial charge in [0.25, 0.3) is 0 Å². The zero-order valence-electron chi connectivity index (χ0n) is 8.03. The van der Waals surface area contributed by atoms with E-state index < -0.39 is 0 Å². The molecule has 76 valence electrons. The van der Waals surface area contributed by atoms with Crippen LogP contribution >= 0.6 is 0 Å². The van der Waals surface area contributed by atoms with Gasteiger partial charge in [-0.05, 0) is 12.1 Å². The van der Waals surface area contributed by atoms with Gasteiger partial charge in [-0.15, -0.1) is 0 Å². The second-order valence-electron chi connectivity index (χ2n) is 3.10. The first-order valence-electron chi connectivity index (χ1n) is 4.36. The molecule has 14 heavy (non-hydrogen) atoms. The van der Waals surface area contributed by atoms with Gasteiger partial charge in [0.05, 0.1) is 11.9 Å². The molecule has 0 radical (unpaired) electrons. The van der Waals surface area contributed by atoms with Crippen molar-refractivity contribution in [1.82, 2.24) is 4.98 Å². The van der Waals surface area contributed by atoms with E-state index in [0.29, 0.717) is 18.1 Å². The number of aromatic nitrogens is 1. The molecule has 1 unspecified atom stereocenters. The largest absolute Gasteiger partial charge is 0.384 e. The topological polar surface area (TPSA) is 94.0 Å². The predicted molar refractivity (Wildman–Crippen MR) is 55.5 cm³/mol. The first-order valence-corrected chi connectivity index (χ1v) is 4.36. The van der Waals surface area contributed by atoms with E-state index in [1.807, 2.05) is 0 Å². The Morgan fingerprint density at radius 2 is 2.36 bits per heavy atom. The predicted octanol–water partition coefficient (Wildman–Crippen LogP) is 0.197. The number of anilines is 2. The van der Waals surface area contributed by atoms with Crippen molar-refractivity contribution >= 4 is 17.4 Å². The normalized spacial score (nSPS) is 12.1. The fourth-order valence-corrected chi connectivity index (χ4v) is 0.852. The molecule has 0 saturated heterocycles. The number of carbonyl (C=O) groups excluding carboxylic acids is 1. The van der Waals surface area contributed by atoms with Gasteiger partial charge in [-0.25, -0.2) is 4.98 Å². The van der Waals surface area contributed by atoms with Gasteiger partial charge >= 0.3 is 0 Å². The van der Waals surface area contributed by atoms with E-state index in [-0.39, 0.29) is 11.8 Å². The molecular weight excluding hydrogens is 180 g/mol. The molecule has 0 saturated carbocycles. The molecule has 1 aromatic heterocycles. The molecule has 1 aromatic rings. The van der Waals surface area contributed by atoms with Crippen LogP contribution in [0.25, 0.3) is 0 Å². The van der Waals surface area contributed by atoms with Crippen LogP contribution in [0.5, 0.6) is 0 Å². The number of nitrogens with zero attached hydrogens (tertiary/aromatic N) is 1. The second-order valence-corrected chi connectivity index (χ2v) is 3.10. The molecule has 1 rings (SSSR count). The molecule has 0 spiro atoms. The lowest BCUT2D eigenvalue weighted by Crippen LogP contribution is -2.26. The SMILES string of the molecule is CC(CN)C(=O)Nc1ccc(N)nc1. The monoisotopic (exact) mass is 194 g/mol. The van der Waals surface area contributed by atoms with E-state index in [4.69, 9.17) is 11.5 Å². The molecule has 0 aromatic carbocycles. The Morgan fingerprint density at radius 1 is 1.64 bits per heavy atom. The maximum atomic E-state index is 11.4. The van der Waals surface area contributed by atoms with Gasteiger partial charge in [-0.2, -0.15) is 0 Å². The van der Waals surface area contributed by atoms with Crippen LogP contribution in [0.3, 0.4) is 0 Å². The molecule has 0 fully saturated rings. The Morgan fingerprint density at radius 3 is 2.86 bits per heavy atom. The summed E-state index contributed by atoms with van der Waals surface area (Å²) in [6, 6.07) is 3.33. The standard InChI is InChI=1S/C9H14N4O/c1-6(4-10)9(14)13-7-2-3-8(11)12-5-7/h2-3,5-6H,4,10H2,1H3,(H2,11,12)(H,13,14). The average molecular weight is 194 g/mol. The van der Waals surface area contributed by atoms with Crippen molar-refractivity contribution < 1.29 is 4.79 Å². The Labute approximate surface area is 82.5 Å². The van der Waals surface area contributed by atoms with Crippen molar-refractivity contribution in [1.29, 1.82) is 0 Å². The lowest BCUT2D eigenvalue weighted by atomic mass is 10.1. The number of rotatable bonds is 3. The van der Waals surface area contributed by atoms with E-state index in [0.717, 1.165) is 0 Å². The minimum absolute atomic E-state index is 0.112. The molecule has 1 atom stereocenters. The quantitative estimate of drug-likeness (QED) is 0.640. The minimum Gasteiger partial charge on any atom is -0.384 e. The molecule has 0 aliphatic carbocycles. The number of hydrogen-bond donors (Lipinski definition) is 3. The summed E-state index contributed by atoms with van der Waals surface area (Å²) in [4.78, 5) is 15.2. The highest BCUT2D eigenvalue weighted by Crippen LogP contribution is 2.08. The summed E-state index contributed by atoms with van der Waals surface area (Å²) in [5.41, 5.74) is 11.4. The molecule has 5 nitrogen and oxygen atoms in total. The Bertz CT molecular complexity index is 309. The van der Waals surface area contributed by atoms with Gasteiger partial charge in [0.15, 0.2) is 0 Å². The van der Waals surface area contributed by atoms with Crippen LogP contribution in [0.15, 0.2) is 18.3 Å². The molecule has 1 amide bonds. The van der Waals surface area contributed by atoms with Crippen molar-refractivity contribution in [2.24, 2.45) is 11.7 Å². The third-order valence-electron chi connectivity index (χ3n) is 1.86. The van der Waals surface area contributed by atoms with Crippen LogP contribution < -0.4 is 16.8 Å². The highest BCUT2D eigenvalue weighted by atomic mass is 16.1. The van der Waals surface area contributed by atoms with E-state index >= 15 is 0 Å². The molecule has 0 aliphatic rings. The Hall–Kier alpha value is -1.62. The molecule has 5 N–H and O–H groups in total. The lowest BCUT2D eigenvalue weighted by Gasteiger charge is -2.09. The van der Waals surface area contributed by atoms with Crippen LogP contribution in [0.2, 0.25) is 0 Å². The highest BCUT2D eigenvalue weighted by molar-refractivity contribution is 5.92. The van der Waals surface area contributed by atoms with E-state index in [1.54, 1.807) is 19.1 Å². The molecule has 5 heteroatoms. The zero-order valence-corrected chi connectivity index (χ0v) is 8.03. The summed E-state index contributed by atoms with van der Waals surface area (Å²) in [5, 5.41) is 2.68. The fourth-order valence-electron chi connectivity index (χ4n) is 0.852. The number of hydrogen-bond acceptors (Lipinski definition) is 4. The third kappa shape index (κ3) is 2.70. The summed E-state index contributed by atoms with van der Waals surface area (Å²) < 4.78 is 0. The van der Waals surface area contributed by atoms with Gasteiger partial charge in [-0.3, -0.25) is 4.79 Å². The lowest BCUT2D eigenvalue weighted by molar-refractivity contribution is -0.119. The van der Waals surface area contributed by atoms with E-state index in [2.05, 4.69) is 10.3 Å². The van der Waals surface area contributed by atoms with Crippen LogP contribution in [0.4, 0.5) is 11.5 Å². The van der Waals surface area contributed by atoms with Gasteiger partial charge in [0.1, 0.15) is 5.82 Å². The van der Waals surface area contributed by atoms with Gasteiger partial charge in [0.2, 0.25) is 5.91 Å². The van der Waals surface area contributed by atoms with Gasteiger partial charge < -0.3 is 16.8 Å². The number of carbonyl (C=O) groups is 1. The summed E-state index contributed by atoms with van der Waals surface area (Å²) >= 11 is 0. The first kappa shape index (κ1) is 10.5. The van der Waals surface area contributed by atoms with E-state index in [1.165, 1.54) is 6.20 Å². The summed E-state index contributed by atoms with van der Waals surface area (Å²) in [6.07, 6.45) is 1.51. The summed E-state index contributed by atoms with van der Waals surface area (Å²) in [7, 11) is 0. The second kappa shape index (κ2) is 4.57. The fraction of sp³-hybridized carbons (Fsp3) is 0.333. The number of pyridine rings is 1. The molecule has 0 bridgehead atoms. The number of nitrogens with two attached hydrogens (primary N) is 2. The maximum Gasteiger partial charge on any atom is 0.228 e. The molecule has 1 heterocycles. The van der Waals surface area contributed by atoms with Crippen LogP contribution in [0, 0.1) is 5.92 Å². The van der Waals surface area contributed by atoms with Gasteiger partial charge in [-0.1, -0.05) is 6.92 Å². The van der Waals surface area contributed by atoms with Crippen molar-refractivity contribution in [3.63, 3.8) is 0 Å². The number of amides is 1. The van der Waals surface area contributed by atoms with Crippen LogP contribution in [0.1, 0.15) is 6.92 Å². The molecular formula is C9H14N4O. The number of nitrogens with one attached hydrogen (secondary N) is 1. The highest BCUT2D eigenvalue weighted by Gasteiger charge is 2.10. The van der Waals surface area contributed by atoms with Crippen molar-refractivity contribution in [3.05, 3.63) is 18.3 Å². The summed E-state index contributed by atoms with van der Waals surface area (Å²) in [5.74, 6) is 0.112. The average Bonchev–Trinajstić information content (AvgIpc) is 2.20.